The van der Waals surface area contributed by atoms with Crippen LogP contribution in [0.15, 0.2) is 18.2 Å². The van der Waals surface area contributed by atoms with Gasteiger partial charge in [-0.3, -0.25) is 0 Å². The maximum atomic E-state index is 5.19. The van der Waals surface area contributed by atoms with Crippen LogP contribution in [0.4, 0.5) is 5.69 Å². The Labute approximate surface area is 85.2 Å². The highest BCUT2D eigenvalue weighted by molar-refractivity contribution is 5.52. The highest BCUT2D eigenvalue weighted by Crippen LogP contribution is 2.23. The Kier molecular flexibility index (Phi) is 3.77. The van der Waals surface area contributed by atoms with Crippen LogP contribution in [-0.2, 0) is 4.74 Å². The number of rotatable bonds is 4. The third-order valence-corrected chi connectivity index (χ3v) is 2.14. The number of ether oxygens (including phenoxy) is 2. The molecule has 0 heterocycles. The minimum absolute atomic E-state index is 0.589. The van der Waals surface area contributed by atoms with E-state index in [1.807, 2.05) is 31.0 Å². The summed E-state index contributed by atoms with van der Waals surface area (Å²) in [6.07, 6.45) is 0. The molecule has 0 aliphatic carbocycles. The standard InChI is InChI=1S/C11H17NO2/c1-9-7-10(12(2)8-13-3)5-6-11(9)14-4/h5-7H,8H2,1-4H3. The van der Waals surface area contributed by atoms with Gasteiger partial charge in [0, 0.05) is 19.8 Å². The molecule has 3 heteroatoms. The predicted molar refractivity (Wildman–Crippen MR) is 58.0 cm³/mol. The normalized spacial score (nSPS) is 10.0. The SMILES string of the molecule is COCN(C)c1ccc(OC)c(C)c1. The van der Waals surface area contributed by atoms with Crippen molar-refractivity contribution >= 4 is 5.69 Å². The molecule has 1 aromatic carbocycles. The van der Waals surface area contributed by atoms with Gasteiger partial charge in [-0.1, -0.05) is 0 Å². The monoisotopic (exact) mass is 195 g/mol. The number of nitrogens with zero attached hydrogens (tertiary/aromatic N) is 1. The Bertz CT molecular complexity index is 299. The summed E-state index contributed by atoms with van der Waals surface area (Å²) in [6, 6.07) is 6.07. The summed E-state index contributed by atoms with van der Waals surface area (Å²) >= 11 is 0. The van der Waals surface area contributed by atoms with Gasteiger partial charge in [0.25, 0.3) is 0 Å². The molecule has 0 aliphatic rings. The summed E-state index contributed by atoms with van der Waals surface area (Å²) in [5.41, 5.74) is 2.26. The predicted octanol–water partition coefficient (Wildman–Crippen LogP) is 2.04. The third kappa shape index (κ3) is 2.39. The van der Waals surface area contributed by atoms with Crippen molar-refractivity contribution < 1.29 is 9.47 Å². The molecule has 0 radical (unpaired) electrons. The van der Waals surface area contributed by atoms with E-state index in [1.165, 1.54) is 0 Å². The molecule has 1 rings (SSSR count). The van der Waals surface area contributed by atoms with Crippen molar-refractivity contribution in [2.45, 2.75) is 6.92 Å². The quantitative estimate of drug-likeness (QED) is 0.686. The molecule has 0 saturated heterocycles. The van der Waals surface area contributed by atoms with Crippen LogP contribution in [0, 0.1) is 6.92 Å². The van der Waals surface area contributed by atoms with Crippen molar-refractivity contribution in [3.8, 4) is 5.75 Å². The fourth-order valence-electron chi connectivity index (χ4n) is 1.37. The molecule has 0 aliphatic heterocycles. The zero-order valence-corrected chi connectivity index (χ0v) is 9.20. The van der Waals surface area contributed by atoms with Gasteiger partial charge in [-0.2, -0.15) is 0 Å². The van der Waals surface area contributed by atoms with Gasteiger partial charge in [0.2, 0.25) is 0 Å². The van der Waals surface area contributed by atoms with Gasteiger partial charge in [-0.05, 0) is 30.7 Å². The van der Waals surface area contributed by atoms with Crippen LogP contribution >= 0.6 is 0 Å². The Morgan fingerprint density at radius 1 is 1.29 bits per heavy atom. The second-order valence-electron chi connectivity index (χ2n) is 3.27. The van der Waals surface area contributed by atoms with Crippen LogP contribution in [0.5, 0.6) is 5.75 Å². The molecule has 0 saturated carbocycles. The largest absolute Gasteiger partial charge is 0.496 e. The zero-order valence-electron chi connectivity index (χ0n) is 9.20. The molecular weight excluding hydrogens is 178 g/mol. The number of methoxy groups -OCH3 is 2. The summed E-state index contributed by atoms with van der Waals surface area (Å²) in [7, 11) is 5.36. The second kappa shape index (κ2) is 4.86. The van der Waals surface area contributed by atoms with Gasteiger partial charge in [-0.25, -0.2) is 0 Å². The van der Waals surface area contributed by atoms with Crippen molar-refractivity contribution in [1.82, 2.24) is 0 Å². The molecule has 0 N–H and O–H groups in total. The van der Waals surface area contributed by atoms with E-state index in [4.69, 9.17) is 9.47 Å². The molecule has 78 valence electrons. The Hall–Kier alpha value is -1.22. The Morgan fingerprint density at radius 3 is 2.50 bits per heavy atom. The average molecular weight is 195 g/mol. The molecule has 14 heavy (non-hydrogen) atoms. The number of aryl methyl sites for hydroxylation is 1. The van der Waals surface area contributed by atoms with E-state index < -0.39 is 0 Å². The molecular formula is C11H17NO2. The lowest BCUT2D eigenvalue weighted by Crippen LogP contribution is -2.19. The fraction of sp³-hybridized carbons (Fsp3) is 0.455. The van der Waals surface area contributed by atoms with Gasteiger partial charge in [0.1, 0.15) is 12.5 Å². The van der Waals surface area contributed by atoms with Gasteiger partial charge in [0.05, 0.1) is 7.11 Å². The second-order valence-corrected chi connectivity index (χ2v) is 3.27. The zero-order chi connectivity index (χ0) is 10.6. The van der Waals surface area contributed by atoms with Crippen LogP contribution in [0.25, 0.3) is 0 Å². The van der Waals surface area contributed by atoms with E-state index in [1.54, 1.807) is 14.2 Å². The first-order valence-electron chi connectivity index (χ1n) is 4.53. The first-order valence-corrected chi connectivity index (χ1v) is 4.53. The Balaban J connectivity index is 2.85. The van der Waals surface area contributed by atoms with E-state index in [-0.39, 0.29) is 0 Å². The summed E-state index contributed by atoms with van der Waals surface area (Å²) in [5, 5.41) is 0. The van der Waals surface area contributed by atoms with E-state index in [0.717, 1.165) is 17.0 Å². The maximum absolute atomic E-state index is 5.19. The molecule has 0 spiro atoms. The lowest BCUT2D eigenvalue weighted by atomic mass is 10.2. The van der Waals surface area contributed by atoms with E-state index >= 15 is 0 Å². The van der Waals surface area contributed by atoms with E-state index in [2.05, 4.69) is 6.07 Å². The van der Waals surface area contributed by atoms with Gasteiger partial charge < -0.3 is 14.4 Å². The first kappa shape index (κ1) is 10.9. The maximum Gasteiger partial charge on any atom is 0.121 e. The van der Waals surface area contributed by atoms with Crippen LogP contribution in [-0.4, -0.2) is 28.0 Å². The van der Waals surface area contributed by atoms with Crippen molar-refractivity contribution in [2.24, 2.45) is 0 Å². The fourth-order valence-corrected chi connectivity index (χ4v) is 1.37. The first-order chi connectivity index (χ1) is 6.69. The number of hydrogen-bond donors (Lipinski definition) is 0. The van der Waals surface area contributed by atoms with Crippen molar-refractivity contribution in [2.75, 3.05) is 32.9 Å². The summed E-state index contributed by atoms with van der Waals surface area (Å²) in [6.45, 7) is 2.62. The highest BCUT2D eigenvalue weighted by atomic mass is 16.5. The lowest BCUT2D eigenvalue weighted by Gasteiger charge is -2.19. The molecule has 0 amide bonds. The van der Waals surface area contributed by atoms with Crippen molar-refractivity contribution in [1.29, 1.82) is 0 Å². The van der Waals surface area contributed by atoms with Crippen LogP contribution in [0.1, 0.15) is 5.56 Å². The van der Waals surface area contributed by atoms with Gasteiger partial charge >= 0.3 is 0 Å². The third-order valence-electron chi connectivity index (χ3n) is 2.14. The molecule has 1 aromatic rings. The molecule has 0 fully saturated rings. The molecule has 3 nitrogen and oxygen atoms in total. The molecule has 0 aromatic heterocycles. The van der Waals surface area contributed by atoms with Crippen LogP contribution in [0.3, 0.4) is 0 Å². The summed E-state index contributed by atoms with van der Waals surface area (Å²) in [4.78, 5) is 2.03. The van der Waals surface area contributed by atoms with Gasteiger partial charge in [-0.15, -0.1) is 0 Å². The summed E-state index contributed by atoms with van der Waals surface area (Å²) < 4.78 is 10.2. The lowest BCUT2D eigenvalue weighted by molar-refractivity contribution is 0.202. The summed E-state index contributed by atoms with van der Waals surface area (Å²) in [5.74, 6) is 0.916. The average Bonchev–Trinajstić information content (AvgIpc) is 2.18. The van der Waals surface area contributed by atoms with Crippen molar-refractivity contribution in [3.05, 3.63) is 23.8 Å². The topological polar surface area (TPSA) is 21.7 Å². The highest BCUT2D eigenvalue weighted by Gasteiger charge is 2.03. The van der Waals surface area contributed by atoms with Crippen LogP contribution in [0.2, 0.25) is 0 Å². The van der Waals surface area contributed by atoms with E-state index in [0.29, 0.717) is 6.73 Å². The van der Waals surface area contributed by atoms with Crippen LogP contribution < -0.4 is 9.64 Å². The van der Waals surface area contributed by atoms with Gasteiger partial charge in [0.15, 0.2) is 0 Å². The van der Waals surface area contributed by atoms with E-state index in [9.17, 15) is 0 Å². The Morgan fingerprint density at radius 2 is 2.00 bits per heavy atom. The molecule has 0 atom stereocenters. The minimum Gasteiger partial charge on any atom is -0.496 e. The number of hydrogen-bond acceptors (Lipinski definition) is 3. The molecule has 0 unspecified atom stereocenters. The molecule has 0 bridgehead atoms. The number of benzene rings is 1. The minimum atomic E-state index is 0.589. The number of anilines is 1. The van der Waals surface area contributed by atoms with Crippen molar-refractivity contribution in [3.63, 3.8) is 0 Å². The smallest absolute Gasteiger partial charge is 0.121 e.